The Morgan fingerprint density at radius 1 is 1.20 bits per heavy atom. The van der Waals surface area contributed by atoms with Gasteiger partial charge in [0.15, 0.2) is 0 Å². The summed E-state index contributed by atoms with van der Waals surface area (Å²) in [5.41, 5.74) is 6.74. The van der Waals surface area contributed by atoms with Gasteiger partial charge in [-0.1, -0.05) is 12.6 Å². The van der Waals surface area contributed by atoms with Gasteiger partial charge in [-0.05, 0) is 0 Å². The Morgan fingerprint density at radius 3 is 2.20 bits per heavy atom. The average molecular weight is 166 g/mol. The van der Waals surface area contributed by atoms with Crippen molar-refractivity contribution in [1.82, 2.24) is 21.9 Å². The van der Waals surface area contributed by atoms with Gasteiger partial charge in [0.1, 0.15) is 0 Å². The van der Waals surface area contributed by atoms with Gasteiger partial charge in [-0.3, -0.25) is 15.4 Å². The van der Waals surface area contributed by atoms with E-state index in [1.54, 1.807) is 5.43 Å². The van der Waals surface area contributed by atoms with Gasteiger partial charge in [-0.15, -0.1) is 5.59 Å². The van der Waals surface area contributed by atoms with Crippen molar-refractivity contribution >= 4 is 23.9 Å². The molecule has 0 atom stereocenters. The third-order valence-corrected chi connectivity index (χ3v) is 0.564. The monoisotopic (exact) mass is 166 g/mol. The maximum Gasteiger partial charge on any atom is 0.349 e. The molecule has 7 nitrogen and oxygen atoms in total. The second-order valence-corrected chi connectivity index (χ2v) is 1.53. The molecule has 0 fully saturated rings. The molecule has 0 spiro atoms. The summed E-state index contributed by atoms with van der Waals surface area (Å²) in [6, 6.07) is -0.815. The second kappa shape index (κ2) is 4.85. The highest BCUT2D eigenvalue weighted by molar-refractivity contribution is 7.96. The maximum absolute atomic E-state index is 10.3. The molecule has 0 aliphatic carbocycles. The first-order chi connectivity index (χ1) is 4.66. The minimum Gasteiger partial charge on any atom is -0.297 e. The van der Waals surface area contributed by atoms with Gasteiger partial charge in [0, 0.05) is 0 Å². The van der Waals surface area contributed by atoms with E-state index in [-0.39, 0.29) is 0 Å². The van der Waals surface area contributed by atoms with Gasteiger partial charge in [-0.25, -0.2) is 15.6 Å². The number of hydrogen-bond donors (Lipinski definition) is 6. The lowest BCUT2D eigenvalue weighted by molar-refractivity contribution is 0.125. The van der Waals surface area contributed by atoms with E-state index in [1.807, 2.05) is 10.9 Å². The average Bonchev–Trinajstić information content (AvgIpc) is 1.85. The topological polar surface area (TPSA) is 102 Å². The Balaban J connectivity index is 3.30. The molecule has 3 amide bonds. The van der Waals surface area contributed by atoms with Gasteiger partial charge >= 0.3 is 6.03 Å². The summed E-state index contributed by atoms with van der Waals surface area (Å²) in [6.45, 7) is 0. The first kappa shape index (κ1) is 9.01. The number of nitrogens with one attached hydrogen (secondary N) is 4. The molecule has 0 aliphatic heterocycles. The number of urea groups is 1. The van der Waals surface area contributed by atoms with Crippen LogP contribution in [-0.2, 0) is 0 Å². The molecule has 10 heavy (non-hydrogen) atoms. The van der Waals surface area contributed by atoms with E-state index in [0.717, 1.165) is 0 Å². The molecule has 0 saturated heterocycles. The molecule has 0 aromatic rings. The molecule has 0 radical (unpaired) electrons. The van der Waals surface area contributed by atoms with Crippen molar-refractivity contribution in [3.05, 3.63) is 0 Å². The molecular weight excluding hydrogens is 160 g/mol. The number of hydrazine groups is 2. The Labute approximate surface area is 61.5 Å². The number of amides is 3. The summed E-state index contributed by atoms with van der Waals surface area (Å²) in [4.78, 5) is 20.2. The Hall–Kier alpha value is -0.990. The molecule has 0 aromatic heterocycles. The molecular formula is C2H6N4O3S. The smallest absolute Gasteiger partial charge is 0.297 e. The SMILES string of the molecule is O=C(S)NNC(=O)NNO. The lowest BCUT2D eigenvalue weighted by Crippen LogP contribution is -2.49. The van der Waals surface area contributed by atoms with Crippen molar-refractivity contribution in [2.75, 3.05) is 0 Å². The summed E-state index contributed by atoms with van der Waals surface area (Å²) in [7, 11) is 0. The predicted octanol–water partition coefficient (Wildman–Crippen LogP) is -1.27. The molecule has 0 unspecified atom stereocenters. The van der Waals surface area contributed by atoms with Crippen LogP contribution in [-0.4, -0.2) is 16.5 Å². The van der Waals surface area contributed by atoms with E-state index in [2.05, 4.69) is 12.6 Å². The highest BCUT2D eigenvalue weighted by Gasteiger charge is 1.96. The van der Waals surface area contributed by atoms with Crippen LogP contribution in [0.4, 0.5) is 9.59 Å². The fourth-order valence-corrected chi connectivity index (χ4v) is 0.248. The zero-order valence-corrected chi connectivity index (χ0v) is 5.61. The van der Waals surface area contributed by atoms with Crippen LogP contribution in [0.2, 0.25) is 0 Å². The van der Waals surface area contributed by atoms with Crippen LogP contribution in [0.15, 0.2) is 0 Å². The molecule has 0 aromatic carbocycles. The fraction of sp³-hybridized carbons (Fsp3) is 0. The zero-order chi connectivity index (χ0) is 7.98. The van der Waals surface area contributed by atoms with Crippen molar-refractivity contribution in [3.8, 4) is 0 Å². The first-order valence-electron chi connectivity index (χ1n) is 2.11. The summed E-state index contributed by atoms with van der Waals surface area (Å²) < 4.78 is 0. The highest BCUT2D eigenvalue weighted by Crippen LogP contribution is 1.69. The second-order valence-electron chi connectivity index (χ2n) is 1.12. The number of rotatable bonds is 1. The number of thiol groups is 1. The Bertz CT molecular complexity index is 138. The minimum atomic E-state index is -0.815. The predicted molar refractivity (Wildman–Crippen MR) is 34.1 cm³/mol. The molecule has 0 heterocycles. The zero-order valence-electron chi connectivity index (χ0n) is 4.71. The summed E-state index contributed by atoms with van der Waals surface area (Å²) in [6.07, 6.45) is 0. The largest absolute Gasteiger partial charge is 0.349 e. The third kappa shape index (κ3) is 5.15. The van der Waals surface area contributed by atoms with E-state index in [0.29, 0.717) is 0 Å². The summed E-state index contributed by atoms with van der Waals surface area (Å²) in [5.74, 6) is 0. The van der Waals surface area contributed by atoms with Crippen LogP contribution >= 0.6 is 12.6 Å². The van der Waals surface area contributed by atoms with Crippen LogP contribution < -0.4 is 21.9 Å². The molecule has 0 aliphatic rings. The van der Waals surface area contributed by atoms with Crippen LogP contribution in [0.1, 0.15) is 0 Å². The van der Waals surface area contributed by atoms with Crippen molar-refractivity contribution < 1.29 is 14.8 Å². The molecule has 0 saturated carbocycles. The molecule has 5 N–H and O–H groups in total. The van der Waals surface area contributed by atoms with Gasteiger partial charge in [0.25, 0.3) is 5.24 Å². The van der Waals surface area contributed by atoms with Crippen LogP contribution in [0, 0.1) is 0 Å². The van der Waals surface area contributed by atoms with Crippen molar-refractivity contribution in [1.29, 1.82) is 0 Å². The van der Waals surface area contributed by atoms with Crippen LogP contribution in [0.25, 0.3) is 0 Å². The first-order valence-corrected chi connectivity index (χ1v) is 2.55. The van der Waals surface area contributed by atoms with E-state index in [1.165, 1.54) is 5.59 Å². The molecule has 0 rings (SSSR count). The number of carbonyl (C=O) groups excluding carboxylic acids is 2. The van der Waals surface area contributed by atoms with Crippen molar-refractivity contribution in [2.45, 2.75) is 0 Å². The molecule has 58 valence electrons. The Morgan fingerprint density at radius 2 is 1.80 bits per heavy atom. The van der Waals surface area contributed by atoms with Crippen molar-refractivity contribution in [2.24, 2.45) is 0 Å². The molecule has 8 heteroatoms. The van der Waals surface area contributed by atoms with Crippen LogP contribution in [0.3, 0.4) is 0 Å². The van der Waals surface area contributed by atoms with E-state index in [9.17, 15) is 9.59 Å². The summed E-state index contributed by atoms with van der Waals surface area (Å²) >= 11 is 3.27. The summed E-state index contributed by atoms with van der Waals surface area (Å²) in [5, 5.41) is 7.13. The number of carbonyl (C=O) groups is 2. The lowest BCUT2D eigenvalue weighted by Gasteiger charge is -2.03. The van der Waals surface area contributed by atoms with Crippen molar-refractivity contribution in [3.63, 3.8) is 0 Å². The quantitative estimate of drug-likeness (QED) is 0.216. The van der Waals surface area contributed by atoms with E-state index >= 15 is 0 Å². The third-order valence-electron chi connectivity index (χ3n) is 0.452. The Kier molecular flexibility index (Phi) is 4.37. The van der Waals surface area contributed by atoms with E-state index < -0.39 is 11.3 Å². The van der Waals surface area contributed by atoms with Crippen LogP contribution in [0.5, 0.6) is 0 Å². The standard InChI is InChI=1S/C2H6N4O3S/c7-1(4-6-9)3-5-2(8)10/h6,9H,(H2,3,4,7)(H2,5,8,10). The van der Waals surface area contributed by atoms with Gasteiger partial charge < -0.3 is 0 Å². The maximum atomic E-state index is 10.3. The highest BCUT2D eigenvalue weighted by atomic mass is 32.1. The molecule has 0 bridgehead atoms. The number of hydrogen-bond acceptors (Lipinski definition) is 4. The minimum absolute atomic E-state index is 0.715. The lowest BCUT2D eigenvalue weighted by atomic mass is 11.1. The van der Waals surface area contributed by atoms with Gasteiger partial charge in [0.05, 0.1) is 0 Å². The van der Waals surface area contributed by atoms with E-state index in [4.69, 9.17) is 5.21 Å². The normalized spacial score (nSPS) is 8.20. The van der Waals surface area contributed by atoms with Gasteiger partial charge in [-0.2, -0.15) is 0 Å². The fourth-order valence-electron chi connectivity index (χ4n) is 0.192. The van der Waals surface area contributed by atoms with Gasteiger partial charge in [0.2, 0.25) is 0 Å².